The Kier molecular flexibility index (Phi) is 3.88. The van der Waals surface area contributed by atoms with Crippen LogP contribution in [0.5, 0.6) is 11.9 Å². The van der Waals surface area contributed by atoms with E-state index in [1.54, 1.807) is 24.3 Å². The van der Waals surface area contributed by atoms with Gasteiger partial charge in [0.1, 0.15) is 6.33 Å². The molecule has 2 heterocycles. The second-order valence-electron chi connectivity index (χ2n) is 4.34. The normalized spacial score (nSPS) is 10.9. The molecule has 0 aliphatic carbocycles. The predicted molar refractivity (Wildman–Crippen MR) is 67.3 cm³/mol. The number of ether oxygens (including phenoxy) is 1. The van der Waals surface area contributed by atoms with Gasteiger partial charge in [-0.05, 0) is 5.56 Å². The van der Waals surface area contributed by atoms with Crippen molar-refractivity contribution in [2.45, 2.75) is 26.4 Å². The highest BCUT2D eigenvalue weighted by Gasteiger charge is 2.03. The Labute approximate surface area is 106 Å². The zero-order valence-electron chi connectivity index (χ0n) is 10.8. The van der Waals surface area contributed by atoms with Crippen LogP contribution in [0.3, 0.4) is 0 Å². The number of rotatable bonds is 5. The van der Waals surface area contributed by atoms with Crippen molar-refractivity contribution in [3.63, 3.8) is 0 Å². The van der Waals surface area contributed by atoms with Gasteiger partial charge in [-0.2, -0.15) is 4.98 Å². The predicted octanol–water partition coefficient (Wildman–Crippen LogP) is 1.50. The quantitative estimate of drug-likeness (QED) is 0.867. The molecule has 1 N–H and O–H groups in total. The van der Waals surface area contributed by atoms with Crippen molar-refractivity contribution >= 4 is 0 Å². The van der Waals surface area contributed by atoms with E-state index in [1.165, 1.54) is 0 Å². The zero-order valence-corrected chi connectivity index (χ0v) is 10.8. The van der Waals surface area contributed by atoms with Gasteiger partial charge in [0.15, 0.2) is 0 Å². The summed E-state index contributed by atoms with van der Waals surface area (Å²) in [6, 6.07) is 4.55. The SMILES string of the molecule is CC(C)NCc1ccc(Oc2ncn(C)n2)nc1. The summed E-state index contributed by atoms with van der Waals surface area (Å²) in [5, 5.41) is 7.34. The third-order valence-corrected chi connectivity index (χ3v) is 2.29. The summed E-state index contributed by atoms with van der Waals surface area (Å²) in [5.74, 6) is 0.495. The molecule has 0 saturated carbocycles. The lowest BCUT2D eigenvalue weighted by Crippen LogP contribution is -2.21. The van der Waals surface area contributed by atoms with Crippen molar-refractivity contribution in [3.8, 4) is 11.9 Å². The lowest BCUT2D eigenvalue weighted by Gasteiger charge is -2.07. The van der Waals surface area contributed by atoms with Gasteiger partial charge >= 0.3 is 6.01 Å². The molecule has 0 aliphatic heterocycles. The van der Waals surface area contributed by atoms with Crippen molar-refractivity contribution < 1.29 is 4.74 Å². The molecule has 0 aromatic carbocycles. The highest BCUT2D eigenvalue weighted by atomic mass is 16.5. The molecule has 0 fully saturated rings. The first-order valence-electron chi connectivity index (χ1n) is 5.85. The second-order valence-corrected chi connectivity index (χ2v) is 4.34. The summed E-state index contributed by atoms with van der Waals surface area (Å²) < 4.78 is 6.98. The van der Waals surface area contributed by atoms with Crippen LogP contribution in [0.4, 0.5) is 0 Å². The zero-order chi connectivity index (χ0) is 13.0. The van der Waals surface area contributed by atoms with Gasteiger partial charge in [0, 0.05) is 31.9 Å². The molecule has 0 bridgehead atoms. The fraction of sp³-hybridized carbons (Fsp3) is 0.417. The maximum absolute atomic E-state index is 5.41. The Morgan fingerprint density at radius 2 is 2.17 bits per heavy atom. The van der Waals surface area contributed by atoms with Crippen LogP contribution in [-0.4, -0.2) is 25.8 Å². The molecule has 0 radical (unpaired) electrons. The maximum Gasteiger partial charge on any atom is 0.342 e. The summed E-state index contributed by atoms with van der Waals surface area (Å²) in [4.78, 5) is 8.18. The Bertz CT molecular complexity index is 491. The number of aryl methyl sites for hydroxylation is 1. The largest absolute Gasteiger partial charge is 0.404 e. The molecule has 18 heavy (non-hydrogen) atoms. The summed E-state index contributed by atoms with van der Waals surface area (Å²) in [5.41, 5.74) is 1.12. The first-order chi connectivity index (χ1) is 8.63. The molecule has 2 rings (SSSR count). The average molecular weight is 247 g/mol. The Balaban J connectivity index is 1.95. The average Bonchev–Trinajstić information content (AvgIpc) is 2.74. The highest BCUT2D eigenvalue weighted by Crippen LogP contribution is 2.14. The molecule has 0 saturated heterocycles. The van der Waals surface area contributed by atoms with Crippen molar-refractivity contribution in [1.29, 1.82) is 0 Å². The van der Waals surface area contributed by atoms with E-state index >= 15 is 0 Å². The van der Waals surface area contributed by atoms with Gasteiger partial charge < -0.3 is 10.1 Å². The van der Waals surface area contributed by atoms with Crippen molar-refractivity contribution in [2.75, 3.05) is 0 Å². The Hall–Kier alpha value is -1.95. The molecule has 0 unspecified atom stereocenters. The Morgan fingerprint density at radius 3 is 2.72 bits per heavy atom. The minimum absolute atomic E-state index is 0.304. The molecule has 0 spiro atoms. The van der Waals surface area contributed by atoms with Crippen LogP contribution >= 0.6 is 0 Å². The van der Waals surface area contributed by atoms with Crippen LogP contribution in [0, 0.1) is 0 Å². The van der Waals surface area contributed by atoms with Gasteiger partial charge in [0.25, 0.3) is 0 Å². The fourth-order valence-electron chi connectivity index (χ4n) is 1.36. The molecule has 0 amide bonds. The van der Waals surface area contributed by atoms with E-state index in [-0.39, 0.29) is 0 Å². The number of hydrogen-bond donors (Lipinski definition) is 1. The molecule has 2 aromatic heterocycles. The van der Waals surface area contributed by atoms with Gasteiger partial charge in [0.05, 0.1) is 0 Å². The molecule has 0 atom stereocenters. The first kappa shape index (κ1) is 12.5. The number of nitrogens with one attached hydrogen (secondary N) is 1. The van der Waals surface area contributed by atoms with Crippen LogP contribution in [0.2, 0.25) is 0 Å². The molecule has 0 aliphatic rings. The fourth-order valence-corrected chi connectivity index (χ4v) is 1.36. The maximum atomic E-state index is 5.41. The smallest absolute Gasteiger partial charge is 0.342 e. The standard InChI is InChI=1S/C12H17N5O/c1-9(2)13-6-10-4-5-11(14-7-10)18-12-15-8-17(3)16-12/h4-5,7-9,13H,6H2,1-3H3. The van der Waals surface area contributed by atoms with Crippen LogP contribution < -0.4 is 10.1 Å². The van der Waals surface area contributed by atoms with Gasteiger partial charge in [-0.3, -0.25) is 4.68 Å². The summed E-state index contributed by atoms with van der Waals surface area (Å²) in [6.07, 6.45) is 3.36. The van der Waals surface area contributed by atoms with Crippen LogP contribution in [0.1, 0.15) is 19.4 Å². The van der Waals surface area contributed by atoms with Crippen molar-refractivity contribution in [1.82, 2.24) is 25.1 Å². The third-order valence-electron chi connectivity index (χ3n) is 2.29. The van der Waals surface area contributed by atoms with E-state index in [9.17, 15) is 0 Å². The van der Waals surface area contributed by atoms with E-state index in [0.717, 1.165) is 12.1 Å². The van der Waals surface area contributed by atoms with Gasteiger partial charge in [-0.15, -0.1) is 5.10 Å². The lowest BCUT2D eigenvalue weighted by atomic mass is 10.2. The molecule has 6 heteroatoms. The number of pyridine rings is 1. The second kappa shape index (κ2) is 5.59. The van der Waals surface area contributed by atoms with E-state index in [1.807, 2.05) is 12.1 Å². The summed E-state index contributed by atoms with van der Waals surface area (Å²) in [6.45, 7) is 5.02. The van der Waals surface area contributed by atoms with Crippen LogP contribution in [0.15, 0.2) is 24.7 Å². The number of hydrogen-bond acceptors (Lipinski definition) is 5. The lowest BCUT2D eigenvalue weighted by molar-refractivity contribution is 0.422. The van der Waals surface area contributed by atoms with Gasteiger partial charge in [-0.1, -0.05) is 19.9 Å². The molecular weight excluding hydrogens is 230 g/mol. The summed E-state index contributed by atoms with van der Waals surface area (Å²) >= 11 is 0. The molecular formula is C12H17N5O. The van der Waals surface area contributed by atoms with Crippen molar-refractivity contribution in [2.24, 2.45) is 7.05 Å². The molecule has 6 nitrogen and oxygen atoms in total. The van der Waals surface area contributed by atoms with Crippen LogP contribution in [-0.2, 0) is 13.6 Å². The third kappa shape index (κ3) is 3.53. The van der Waals surface area contributed by atoms with Gasteiger partial charge in [0.2, 0.25) is 5.88 Å². The molecule has 2 aromatic rings. The van der Waals surface area contributed by atoms with Crippen molar-refractivity contribution in [3.05, 3.63) is 30.2 Å². The summed E-state index contributed by atoms with van der Waals surface area (Å²) in [7, 11) is 1.79. The first-order valence-corrected chi connectivity index (χ1v) is 5.85. The van der Waals surface area contributed by atoms with E-state index in [4.69, 9.17) is 4.74 Å². The Morgan fingerprint density at radius 1 is 1.33 bits per heavy atom. The minimum atomic E-state index is 0.304. The highest BCUT2D eigenvalue weighted by molar-refractivity contribution is 5.19. The van der Waals surface area contributed by atoms with Gasteiger partial charge in [-0.25, -0.2) is 4.98 Å². The minimum Gasteiger partial charge on any atom is -0.404 e. The van der Waals surface area contributed by atoms with E-state index in [0.29, 0.717) is 17.9 Å². The monoisotopic (exact) mass is 247 g/mol. The van der Waals surface area contributed by atoms with Crippen LogP contribution in [0.25, 0.3) is 0 Å². The number of nitrogens with zero attached hydrogens (tertiary/aromatic N) is 4. The topological polar surface area (TPSA) is 64.9 Å². The molecule has 96 valence electrons. The van der Waals surface area contributed by atoms with E-state index < -0.39 is 0 Å². The van der Waals surface area contributed by atoms with E-state index in [2.05, 4.69) is 34.2 Å². The number of aromatic nitrogens is 4.